The van der Waals surface area contributed by atoms with Gasteiger partial charge in [-0.2, -0.15) is 0 Å². The van der Waals surface area contributed by atoms with E-state index in [1.165, 1.54) is 10.5 Å². The first kappa shape index (κ1) is 14.0. The number of hydrogen-bond acceptors (Lipinski definition) is 3. The minimum absolute atomic E-state index is 0.320. The van der Waals surface area contributed by atoms with Gasteiger partial charge in [0.2, 0.25) is 0 Å². The summed E-state index contributed by atoms with van der Waals surface area (Å²) in [4.78, 5) is 5.47. The van der Waals surface area contributed by atoms with Crippen LogP contribution in [0.3, 0.4) is 0 Å². The molecule has 0 aliphatic rings. The highest BCUT2D eigenvalue weighted by atomic mass is 32.2. The Bertz CT molecular complexity index is 751. The first-order valence-electron chi connectivity index (χ1n) is 7.05. The topological polar surface area (TPSA) is 48.0 Å². The number of phenols is 1. The van der Waals surface area contributed by atoms with Gasteiger partial charge in [0.25, 0.3) is 0 Å². The summed E-state index contributed by atoms with van der Waals surface area (Å²) >= 11 is 1.68. The Balaban J connectivity index is 1.95. The molecule has 3 N–H and O–H groups in total. The fourth-order valence-electron chi connectivity index (χ4n) is 2.34. The van der Waals surface area contributed by atoms with Crippen molar-refractivity contribution in [2.24, 2.45) is 0 Å². The third-order valence-electron chi connectivity index (χ3n) is 3.41. The van der Waals surface area contributed by atoms with Gasteiger partial charge in [0.05, 0.1) is 10.9 Å². The molecule has 3 aromatic rings. The number of nitrogens with one attached hydrogen (secondary N) is 2. The summed E-state index contributed by atoms with van der Waals surface area (Å²) in [7, 11) is 0. The monoisotopic (exact) mass is 298 g/mol. The predicted octanol–water partition coefficient (Wildman–Crippen LogP) is 4.13. The Morgan fingerprint density at radius 3 is 2.81 bits per heavy atom. The number of aromatic hydroxyl groups is 1. The van der Waals surface area contributed by atoms with Crippen molar-refractivity contribution in [3.05, 3.63) is 54.2 Å². The Morgan fingerprint density at radius 1 is 1.10 bits per heavy atom. The van der Waals surface area contributed by atoms with E-state index in [2.05, 4.69) is 35.4 Å². The van der Waals surface area contributed by atoms with Crippen molar-refractivity contribution < 1.29 is 5.11 Å². The molecular weight excluding hydrogens is 280 g/mol. The second-order valence-electron chi connectivity index (χ2n) is 4.84. The summed E-state index contributed by atoms with van der Waals surface area (Å²) < 4.78 is 0. The van der Waals surface area contributed by atoms with Crippen LogP contribution in [0, 0.1) is 0 Å². The van der Waals surface area contributed by atoms with Crippen molar-refractivity contribution in [1.82, 2.24) is 10.3 Å². The van der Waals surface area contributed by atoms with Crippen LogP contribution >= 0.6 is 11.8 Å². The summed E-state index contributed by atoms with van der Waals surface area (Å²) in [5, 5.41) is 14.3. The number of benzene rings is 2. The van der Waals surface area contributed by atoms with Gasteiger partial charge >= 0.3 is 0 Å². The van der Waals surface area contributed by atoms with Crippen molar-refractivity contribution in [2.75, 3.05) is 6.54 Å². The molecule has 0 saturated heterocycles. The van der Waals surface area contributed by atoms with Crippen LogP contribution in [-0.4, -0.2) is 16.6 Å². The summed E-state index contributed by atoms with van der Waals surface area (Å²) in [6.07, 6.45) is 1.96. The molecule has 0 aliphatic carbocycles. The number of aromatic amines is 1. The highest BCUT2D eigenvalue weighted by molar-refractivity contribution is 7.99. The molecule has 0 spiro atoms. The highest BCUT2D eigenvalue weighted by Gasteiger charge is 2.11. The molecule has 1 aromatic heterocycles. The lowest BCUT2D eigenvalue weighted by Crippen LogP contribution is -2.12. The Labute approximate surface area is 128 Å². The molecule has 0 atom stereocenters. The van der Waals surface area contributed by atoms with Crippen LogP contribution in [-0.2, 0) is 6.54 Å². The minimum Gasteiger partial charge on any atom is -0.507 e. The molecule has 3 nitrogen and oxygen atoms in total. The standard InChI is InChI=1S/C17H18N2OS/c1-2-18-10-12-6-3-4-9-15(12)21-16-11-19-13-7-5-8-14(20)17(13)16/h3-9,11,18-20H,2,10H2,1H3. The van der Waals surface area contributed by atoms with E-state index in [-0.39, 0.29) is 0 Å². The van der Waals surface area contributed by atoms with E-state index in [0.29, 0.717) is 5.75 Å². The number of H-pyrrole nitrogens is 1. The summed E-state index contributed by atoms with van der Waals surface area (Å²) in [5.74, 6) is 0.320. The minimum atomic E-state index is 0.320. The van der Waals surface area contributed by atoms with Gasteiger partial charge in [-0.15, -0.1) is 0 Å². The maximum Gasteiger partial charge on any atom is 0.126 e. The molecule has 2 aromatic carbocycles. The van der Waals surface area contributed by atoms with Crippen LogP contribution in [0.5, 0.6) is 5.75 Å². The maximum atomic E-state index is 10.1. The van der Waals surface area contributed by atoms with Crippen molar-refractivity contribution in [2.45, 2.75) is 23.3 Å². The Kier molecular flexibility index (Phi) is 4.18. The molecule has 0 bridgehead atoms. The first-order valence-corrected chi connectivity index (χ1v) is 7.86. The van der Waals surface area contributed by atoms with Crippen LogP contribution in [0.15, 0.2) is 58.5 Å². The zero-order valence-electron chi connectivity index (χ0n) is 11.9. The molecule has 4 heteroatoms. The van der Waals surface area contributed by atoms with Gasteiger partial charge in [-0.3, -0.25) is 0 Å². The fourth-order valence-corrected chi connectivity index (χ4v) is 3.43. The fraction of sp³-hybridized carbons (Fsp3) is 0.176. The summed E-state index contributed by atoms with van der Waals surface area (Å²) in [5.41, 5.74) is 2.23. The quantitative estimate of drug-likeness (QED) is 0.663. The highest BCUT2D eigenvalue weighted by Crippen LogP contribution is 2.38. The van der Waals surface area contributed by atoms with Crippen molar-refractivity contribution in [3.8, 4) is 5.75 Å². The van der Waals surface area contributed by atoms with Crippen molar-refractivity contribution in [3.63, 3.8) is 0 Å². The molecule has 3 rings (SSSR count). The van der Waals surface area contributed by atoms with Gasteiger partial charge in [0, 0.05) is 22.5 Å². The van der Waals surface area contributed by atoms with Gasteiger partial charge in [-0.25, -0.2) is 0 Å². The van der Waals surface area contributed by atoms with Crippen LogP contribution in [0.25, 0.3) is 10.9 Å². The van der Waals surface area contributed by atoms with Gasteiger partial charge in [-0.1, -0.05) is 43.0 Å². The van der Waals surface area contributed by atoms with E-state index in [1.807, 2.05) is 24.4 Å². The smallest absolute Gasteiger partial charge is 0.126 e. The average Bonchev–Trinajstić information content (AvgIpc) is 2.91. The van der Waals surface area contributed by atoms with Gasteiger partial charge in [0.15, 0.2) is 0 Å². The Morgan fingerprint density at radius 2 is 1.95 bits per heavy atom. The van der Waals surface area contributed by atoms with Gasteiger partial charge < -0.3 is 15.4 Å². The zero-order valence-corrected chi connectivity index (χ0v) is 12.7. The number of phenolic OH excluding ortho intramolecular Hbond substituents is 1. The van der Waals surface area contributed by atoms with Crippen LogP contribution in [0.4, 0.5) is 0 Å². The third kappa shape index (κ3) is 2.91. The summed E-state index contributed by atoms with van der Waals surface area (Å²) in [6, 6.07) is 13.9. The lowest BCUT2D eigenvalue weighted by Gasteiger charge is -2.09. The normalized spacial score (nSPS) is 11.1. The maximum absolute atomic E-state index is 10.1. The lowest BCUT2D eigenvalue weighted by molar-refractivity contribution is 0.481. The van der Waals surface area contributed by atoms with E-state index in [9.17, 15) is 5.11 Å². The largest absolute Gasteiger partial charge is 0.507 e. The van der Waals surface area contributed by atoms with Gasteiger partial charge in [-0.05, 0) is 30.3 Å². The molecule has 0 saturated carbocycles. The van der Waals surface area contributed by atoms with Crippen molar-refractivity contribution in [1.29, 1.82) is 0 Å². The van der Waals surface area contributed by atoms with E-state index in [4.69, 9.17) is 0 Å². The first-order chi connectivity index (χ1) is 10.3. The van der Waals surface area contributed by atoms with Crippen LogP contribution in [0.2, 0.25) is 0 Å². The number of hydrogen-bond donors (Lipinski definition) is 3. The molecule has 0 aliphatic heterocycles. The second kappa shape index (κ2) is 6.24. The third-order valence-corrected chi connectivity index (χ3v) is 4.57. The lowest BCUT2D eigenvalue weighted by atomic mass is 10.2. The average molecular weight is 298 g/mol. The SMILES string of the molecule is CCNCc1ccccc1Sc1c[nH]c2cccc(O)c12. The van der Waals surface area contributed by atoms with E-state index in [0.717, 1.165) is 28.9 Å². The number of fused-ring (bicyclic) bond motifs is 1. The van der Waals surface area contributed by atoms with E-state index < -0.39 is 0 Å². The second-order valence-corrected chi connectivity index (χ2v) is 5.93. The molecule has 108 valence electrons. The van der Waals surface area contributed by atoms with Crippen LogP contribution < -0.4 is 5.32 Å². The molecule has 1 heterocycles. The zero-order chi connectivity index (χ0) is 14.7. The Hall–Kier alpha value is -1.91. The van der Waals surface area contributed by atoms with Crippen molar-refractivity contribution >= 4 is 22.7 Å². The number of rotatable bonds is 5. The number of aromatic nitrogens is 1. The van der Waals surface area contributed by atoms with E-state index >= 15 is 0 Å². The summed E-state index contributed by atoms with van der Waals surface area (Å²) in [6.45, 7) is 3.91. The molecule has 21 heavy (non-hydrogen) atoms. The predicted molar refractivity (Wildman–Crippen MR) is 87.9 cm³/mol. The van der Waals surface area contributed by atoms with E-state index in [1.54, 1.807) is 17.8 Å². The van der Waals surface area contributed by atoms with Crippen LogP contribution in [0.1, 0.15) is 12.5 Å². The molecule has 0 unspecified atom stereocenters. The molecule has 0 amide bonds. The molecule has 0 radical (unpaired) electrons. The molecular formula is C17H18N2OS. The van der Waals surface area contributed by atoms with Gasteiger partial charge in [0.1, 0.15) is 5.75 Å². The molecule has 0 fully saturated rings.